The quantitative estimate of drug-likeness (QED) is 0.195. The summed E-state index contributed by atoms with van der Waals surface area (Å²) < 4.78 is 90.7. The van der Waals surface area contributed by atoms with Crippen molar-refractivity contribution in [2.24, 2.45) is 17.3 Å². The van der Waals surface area contributed by atoms with E-state index in [9.17, 15) is 41.0 Å². The lowest BCUT2D eigenvalue weighted by atomic mass is 9.48. The second-order valence-corrected chi connectivity index (χ2v) is 11.8. The first-order chi connectivity index (χ1) is 14.8. The van der Waals surface area contributed by atoms with Crippen molar-refractivity contribution < 1.29 is 50.5 Å². The van der Waals surface area contributed by atoms with E-state index in [-0.39, 0.29) is 31.1 Å². The Morgan fingerprint density at radius 1 is 1.03 bits per heavy atom. The number of hydrogen-bond donors (Lipinski definition) is 1. The Hall–Kier alpha value is -0.790. The molecule has 3 unspecified atom stereocenters. The second kappa shape index (κ2) is 8.12. The van der Waals surface area contributed by atoms with Crippen molar-refractivity contribution in [2.75, 3.05) is 0 Å². The molecule has 0 aromatic heterocycles. The Bertz CT molecular complexity index is 780. The summed E-state index contributed by atoms with van der Waals surface area (Å²) in [5.74, 6) is -1.80. The van der Waals surface area contributed by atoms with Crippen LogP contribution in [-0.4, -0.2) is 50.1 Å². The van der Waals surface area contributed by atoms with E-state index >= 15 is 0 Å². The number of carbonyl (C=O) groups excluding carboxylic acids is 2. The van der Waals surface area contributed by atoms with Crippen LogP contribution >= 0.6 is 22.6 Å². The van der Waals surface area contributed by atoms with E-state index in [1.54, 1.807) is 6.92 Å². The van der Waals surface area contributed by atoms with Gasteiger partial charge in [0.15, 0.2) is 5.60 Å². The lowest BCUT2D eigenvalue weighted by Gasteiger charge is -2.60. The van der Waals surface area contributed by atoms with Gasteiger partial charge in [0.05, 0.1) is 5.41 Å². The van der Waals surface area contributed by atoms with Crippen LogP contribution in [0.2, 0.25) is 0 Å². The van der Waals surface area contributed by atoms with Gasteiger partial charge in [-0.2, -0.15) is 26.3 Å². The molecule has 12 heteroatoms. The van der Waals surface area contributed by atoms with Gasteiger partial charge < -0.3 is 14.6 Å². The van der Waals surface area contributed by atoms with Gasteiger partial charge in [0.2, 0.25) is 0 Å². The summed E-state index contributed by atoms with van der Waals surface area (Å²) >= 11 is 1.94. The molecule has 190 valence electrons. The van der Waals surface area contributed by atoms with Gasteiger partial charge in [-0.05, 0) is 64.2 Å². The molecule has 3 atom stereocenters. The summed E-state index contributed by atoms with van der Waals surface area (Å²) in [7, 11) is 0. The number of aliphatic hydroxyl groups is 1. The molecular weight excluding hydrogens is 573 g/mol. The maximum absolute atomic E-state index is 13.4. The fourth-order valence-corrected chi connectivity index (χ4v) is 6.37. The molecule has 0 saturated heterocycles. The summed E-state index contributed by atoms with van der Waals surface area (Å²) in [5.41, 5.74) is -11.0. The summed E-state index contributed by atoms with van der Waals surface area (Å²) in [5, 5.41) is 9.80. The van der Waals surface area contributed by atoms with Crippen LogP contribution in [-0.2, 0) is 19.1 Å². The summed E-state index contributed by atoms with van der Waals surface area (Å²) in [6, 6.07) is 0. The first-order valence-corrected chi connectivity index (χ1v) is 12.0. The Morgan fingerprint density at radius 3 is 1.94 bits per heavy atom. The first-order valence-electron chi connectivity index (χ1n) is 10.8. The molecule has 0 aromatic carbocycles. The third-order valence-electron chi connectivity index (χ3n) is 7.41. The molecule has 5 nitrogen and oxygen atoms in total. The van der Waals surface area contributed by atoms with Crippen LogP contribution in [0, 0.1) is 17.3 Å². The molecule has 0 aromatic rings. The van der Waals surface area contributed by atoms with Crippen LogP contribution in [0.4, 0.5) is 26.3 Å². The highest BCUT2D eigenvalue weighted by Gasteiger charge is 2.79. The maximum atomic E-state index is 13.4. The monoisotopic (exact) mass is 600 g/mol. The zero-order valence-electron chi connectivity index (χ0n) is 18.4. The Kier molecular flexibility index (Phi) is 6.60. The highest BCUT2D eigenvalue weighted by Crippen LogP contribution is 2.64. The normalized spacial score (nSPS) is 33.1. The van der Waals surface area contributed by atoms with Gasteiger partial charge in [0.25, 0.3) is 5.60 Å². The summed E-state index contributed by atoms with van der Waals surface area (Å²) in [4.78, 5) is 25.7. The minimum absolute atomic E-state index is 0.0167. The predicted octanol–water partition coefficient (Wildman–Crippen LogP) is 5.26. The molecule has 0 heterocycles. The van der Waals surface area contributed by atoms with Gasteiger partial charge in [0.1, 0.15) is 9.53 Å². The van der Waals surface area contributed by atoms with E-state index in [4.69, 9.17) is 9.47 Å². The molecule has 0 amide bonds. The lowest BCUT2D eigenvalue weighted by Crippen LogP contribution is -2.70. The fraction of sp³-hybridized carbons (Fsp3) is 0.905. The molecular formula is C21H27F6IO5. The molecule has 4 saturated carbocycles. The van der Waals surface area contributed by atoms with Gasteiger partial charge in [-0.1, -0.05) is 29.5 Å². The Labute approximate surface area is 201 Å². The van der Waals surface area contributed by atoms with Crippen LogP contribution in [0.5, 0.6) is 0 Å². The Morgan fingerprint density at radius 2 is 1.52 bits per heavy atom. The van der Waals surface area contributed by atoms with E-state index in [0.29, 0.717) is 33.1 Å². The number of carbonyl (C=O) groups is 2. The van der Waals surface area contributed by atoms with Crippen LogP contribution < -0.4 is 0 Å². The molecule has 4 fully saturated rings. The topological polar surface area (TPSA) is 72.8 Å². The number of alkyl halides is 7. The number of rotatable bonds is 6. The minimum atomic E-state index is -6.14. The number of halogens is 7. The van der Waals surface area contributed by atoms with Crippen LogP contribution in [0.15, 0.2) is 0 Å². The molecule has 1 N–H and O–H groups in total. The third kappa shape index (κ3) is 4.35. The minimum Gasteiger partial charge on any atom is -0.458 e. The van der Waals surface area contributed by atoms with Crippen molar-refractivity contribution >= 4 is 34.5 Å². The van der Waals surface area contributed by atoms with E-state index < -0.39 is 50.4 Å². The SMILES string of the molecule is CCC(I)C(=O)OC12CC3CC(C1)CC(C(=O)OC(C)(C)C(O)(C(F)(F)F)C(F)(F)F)(C3)C2. The predicted molar refractivity (Wildman–Crippen MR) is 111 cm³/mol. The summed E-state index contributed by atoms with van der Waals surface area (Å²) in [6.07, 6.45) is -9.56. The van der Waals surface area contributed by atoms with E-state index in [1.807, 2.05) is 22.6 Å². The number of esters is 2. The van der Waals surface area contributed by atoms with E-state index in [0.717, 1.165) is 6.42 Å². The van der Waals surface area contributed by atoms with Crippen molar-refractivity contribution in [3.05, 3.63) is 0 Å². The van der Waals surface area contributed by atoms with E-state index in [1.165, 1.54) is 0 Å². The van der Waals surface area contributed by atoms with Gasteiger partial charge in [-0.3, -0.25) is 9.59 Å². The average molecular weight is 600 g/mol. The number of ether oxygens (including phenoxy) is 2. The second-order valence-electron chi connectivity index (χ2n) is 10.3. The van der Waals surface area contributed by atoms with Crippen molar-refractivity contribution in [3.8, 4) is 0 Å². The van der Waals surface area contributed by atoms with Crippen LogP contribution in [0.25, 0.3) is 0 Å². The van der Waals surface area contributed by atoms with Crippen LogP contribution in [0.3, 0.4) is 0 Å². The molecule has 4 aliphatic carbocycles. The third-order valence-corrected chi connectivity index (χ3v) is 8.80. The summed E-state index contributed by atoms with van der Waals surface area (Å²) in [6.45, 7) is 2.62. The maximum Gasteiger partial charge on any atom is 0.430 e. The van der Waals surface area contributed by atoms with Gasteiger partial charge in [0, 0.05) is 6.42 Å². The van der Waals surface area contributed by atoms with Crippen molar-refractivity contribution in [1.29, 1.82) is 0 Å². The zero-order valence-corrected chi connectivity index (χ0v) is 20.6. The van der Waals surface area contributed by atoms with Gasteiger partial charge >= 0.3 is 24.3 Å². The molecule has 0 radical (unpaired) electrons. The molecule has 4 bridgehead atoms. The molecule has 4 aliphatic rings. The first kappa shape index (κ1) is 26.8. The van der Waals surface area contributed by atoms with E-state index in [2.05, 4.69) is 0 Å². The largest absolute Gasteiger partial charge is 0.458 e. The smallest absolute Gasteiger partial charge is 0.430 e. The highest BCUT2D eigenvalue weighted by atomic mass is 127. The number of hydrogen-bond acceptors (Lipinski definition) is 5. The molecule has 0 aliphatic heterocycles. The standard InChI is InChI=1S/C21H27F6IO5/c1-4-13(28)14(29)32-18-8-11-5-12(9-18)7-17(6-11,10-18)15(30)33-16(2,3)19(31,20(22,23)24)21(25,26)27/h11-13,31H,4-10H2,1-3H3. The molecule has 0 spiro atoms. The Balaban J connectivity index is 1.90. The van der Waals surface area contributed by atoms with Crippen molar-refractivity contribution in [1.82, 2.24) is 0 Å². The van der Waals surface area contributed by atoms with Crippen molar-refractivity contribution in [2.45, 2.75) is 98.8 Å². The van der Waals surface area contributed by atoms with Gasteiger partial charge in [-0.15, -0.1) is 0 Å². The van der Waals surface area contributed by atoms with Gasteiger partial charge in [-0.25, -0.2) is 0 Å². The molecule has 33 heavy (non-hydrogen) atoms. The van der Waals surface area contributed by atoms with Crippen LogP contribution in [0.1, 0.15) is 65.7 Å². The lowest BCUT2D eigenvalue weighted by molar-refractivity contribution is -0.408. The molecule has 4 rings (SSSR count). The highest BCUT2D eigenvalue weighted by molar-refractivity contribution is 14.1. The zero-order chi connectivity index (χ0) is 25.3. The van der Waals surface area contributed by atoms with Crippen molar-refractivity contribution in [3.63, 3.8) is 0 Å². The fourth-order valence-electron chi connectivity index (χ4n) is 6.24. The average Bonchev–Trinajstić information content (AvgIpc) is 2.62.